The maximum atomic E-state index is 13.4. The molecule has 0 spiro atoms. The summed E-state index contributed by atoms with van der Waals surface area (Å²) in [5, 5.41) is 12.1. The maximum Gasteiger partial charge on any atom is 0.219 e. The summed E-state index contributed by atoms with van der Waals surface area (Å²) in [6, 6.07) is 16.9. The molecule has 0 radical (unpaired) electrons. The lowest BCUT2D eigenvalue weighted by Crippen LogP contribution is -2.26. The number of benzene rings is 2. The van der Waals surface area contributed by atoms with Gasteiger partial charge in [0.05, 0.1) is 10.9 Å². The van der Waals surface area contributed by atoms with Gasteiger partial charge in [-0.2, -0.15) is 0 Å². The van der Waals surface area contributed by atoms with Crippen molar-refractivity contribution in [2.75, 3.05) is 5.32 Å². The number of H-pyrrole nitrogens is 1. The minimum absolute atomic E-state index is 0.106. The van der Waals surface area contributed by atoms with Crippen LogP contribution in [0.15, 0.2) is 77.9 Å². The number of ether oxygens (including phenoxy) is 1. The van der Waals surface area contributed by atoms with Gasteiger partial charge in [-0.25, -0.2) is 9.97 Å². The molecule has 9 heteroatoms. The molecule has 9 nitrogen and oxygen atoms in total. The molecule has 1 fully saturated rings. The predicted molar refractivity (Wildman–Crippen MR) is 133 cm³/mol. The Kier molecular flexibility index (Phi) is 5.87. The van der Waals surface area contributed by atoms with E-state index in [4.69, 9.17) is 9.15 Å². The first-order valence-electron chi connectivity index (χ1n) is 12.0. The lowest BCUT2D eigenvalue weighted by atomic mass is 9.86. The lowest BCUT2D eigenvalue weighted by Gasteiger charge is -2.27. The minimum atomic E-state index is -0.106. The van der Waals surface area contributed by atoms with Crippen molar-refractivity contribution in [3.05, 3.63) is 90.5 Å². The summed E-state index contributed by atoms with van der Waals surface area (Å²) < 4.78 is 11.2. The van der Waals surface area contributed by atoms with E-state index < -0.39 is 0 Å². The number of fused-ring (bicyclic) bond motifs is 1. The fraction of sp³-hybridized carbons (Fsp3) is 0.222. The second kappa shape index (κ2) is 9.61. The molecule has 36 heavy (non-hydrogen) atoms. The Morgan fingerprint density at radius 3 is 2.50 bits per heavy atom. The van der Waals surface area contributed by atoms with Crippen molar-refractivity contribution in [1.29, 1.82) is 0 Å². The summed E-state index contributed by atoms with van der Waals surface area (Å²) in [5.74, 6) is 2.96. The van der Waals surface area contributed by atoms with Crippen LogP contribution >= 0.6 is 0 Å². The Morgan fingerprint density at radius 1 is 0.972 bits per heavy atom. The van der Waals surface area contributed by atoms with Crippen LogP contribution in [-0.2, 0) is 0 Å². The molecular formula is C27H24N6O3. The zero-order valence-electron chi connectivity index (χ0n) is 19.4. The molecule has 2 aromatic carbocycles. The molecule has 0 bridgehead atoms. The van der Waals surface area contributed by atoms with Crippen LogP contribution < -0.4 is 10.1 Å². The maximum absolute atomic E-state index is 13.4. The van der Waals surface area contributed by atoms with E-state index >= 15 is 0 Å². The van der Waals surface area contributed by atoms with Gasteiger partial charge in [0.25, 0.3) is 0 Å². The number of carbonyl (C=O) groups is 1. The van der Waals surface area contributed by atoms with Crippen molar-refractivity contribution in [2.24, 2.45) is 0 Å². The summed E-state index contributed by atoms with van der Waals surface area (Å²) >= 11 is 0. The Labute approximate surface area is 207 Å². The second-order valence-corrected chi connectivity index (χ2v) is 8.89. The fourth-order valence-corrected chi connectivity index (χ4v) is 4.74. The van der Waals surface area contributed by atoms with Crippen LogP contribution in [0.4, 0.5) is 5.82 Å². The fourth-order valence-electron chi connectivity index (χ4n) is 4.74. The Bertz CT molecular complexity index is 1460. The molecule has 1 aliphatic carbocycles. The molecule has 5 aromatic rings. The average Bonchev–Trinajstić information content (AvgIpc) is 3.61. The number of anilines is 1. The highest BCUT2D eigenvalue weighted by Crippen LogP contribution is 2.34. The van der Waals surface area contributed by atoms with Crippen LogP contribution in [0.1, 0.15) is 53.4 Å². The summed E-state index contributed by atoms with van der Waals surface area (Å²) in [5.41, 5.74) is 1.72. The van der Waals surface area contributed by atoms with Crippen LogP contribution in [0.2, 0.25) is 0 Å². The van der Waals surface area contributed by atoms with Crippen LogP contribution in [0.25, 0.3) is 11.0 Å². The first-order valence-corrected chi connectivity index (χ1v) is 12.0. The zero-order chi connectivity index (χ0) is 24.3. The van der Waals surface area contributed by atoms with Crippen LogP contribution in [0.5, 0.6) is 11.5 Å². The predicted octanol–water partition coefficient (Wildman–Crippen LogP) is 5.50. The Hall–Kier alpha value is -4.53. The quantitative estimate of drug-likeness (QED) is 0.293. The summed E-state index contributed by atoms with van der Waals surface area (Å²) in [7, 11) is 0. The van der Waals surface area contributed by atoms with E-state index in [0.29, 0.717) is 39.6 Å². The number of nitrogens with one attached hydrogen (secondary N) is 2. The number of nitrogens with zero attached hydrogens (tertiary/aromatic N) is 4. The van der Waals surface area contributed by atoms with Crippen LogP contribution in [-0.4, -0.2) is 37.0 Å². The highest BCUT2D eigenvalue weighted by atomic mass is 16.5. The van der Waals surface area contributed by atoms with Gasteiger partial charge < -0.3 is 19.5 Å². The van der Waals surface area contributed by atoms with E-state index in [9.17, 15) is 4.79 Å². The largest absolute Gasteiger partial charge is 0.457 e. The van der Waals surface area contributed by atoms with E-state index in [0.717, 1.165) is 31.4 Å². The van der Waals surface area contributed by atoms with Crippen molar-refractivity contribution in [1.82, 2.24) is 25.1 Å². The van der Waals surface area contributed by atoms with Gasteiger partial charge in [-0.15, -0.1) is 10.2 Å². The first-order chi connectivity index (χ1) is 17.7. The topological polar surface area (TPSA) is 119 Å². The van der Waals surface area contributed by atoms with E-state index in [1.54, 1.807) is 30.5 Å². The number of hydrogen-bond donors (Lipinski definition) is 2. The molecule has 180 valence electrons. The van der Waals surface area contributed by atoms with Gasteiger partial charge in [-0.1, -0.05) is 18.2 Å². The molecular weight excluding hydrogens is 456 g/mol. The second-order valence-electron chi connectivity index (χ2n) is 8.89. The molecule has 1 saturated carbocycles. The number of carbonyl (C=O) groups excluding carboxylic acids is 1. The number of aromatic nitrogens is 5. The Balaban J connectivity index is 1.19. The third-order valence-corrected chi connectivity index (χ3v) is 6.60. The molecule has 0 unspecified atom stereocenters. The monoisotopic (exact) mass is 480 g/mol. The van der Waals surface area contributed by atoms with Gasteiger partial charge in [-0.3, -0.25) is 4.79 Å². The highest BCUT2D eigenvalue weighted by Gasteiger charge is 2.27. The third-order valence-electron chi connectivity index (χ3n) is 6.60. The standard InChI is InChI=1S/C27H24N6O3/c34-24(17-8-12-21(13-9-17)36-20-4-2-1-3-5-20)22-14-28-25-23(22)26(30-15-29-25)32-19-10-6-18(7-11-19)27-33-31-16-35-27/h1-5,8-9,12-16,18-19H,6-7,10-11H2,(H2,28,29,30,32). The summed E-state index contributed by atoms with van der Waals surface area (Å²) in [6.45, 7) is 0. The molecule has 0 amide bonds. The van der Waals surface area contributed by atoms with Gasteiger partial charge in [0.15, 0.2) is 5.78 Å². The molecule has 0 atom stereocenters. The lowest BCUT2D eigenvalue weighted by molar-refractivity contribution is 0.104. The SMILES string of the molecule is O=C(c1ccc(Oc2ccccc2)cc1)c1c[nH]c2ncnc(NC3CCC(c4nnco4)CC3)c12. The zero-order valence-corrected chi connectivity index (χ0v) is 19.4. The average molecular weight is 481 g/mol. The molecule has 0 saturated heterocycles. The van der Waals surface area contributed by atoms with Crippen LogP contribution in [0, 0.1) is 0 Å². The van der Waals surface area contributed by atoms with Crippen molar-refractivity contribution in [3.63, 3.8) is 0 Å². The van der Waals surface area contributed by atoms with Crippen molar-refractivity contribution in [3.8, 4) is 11.5 Å². The molecule has 2 N–H and O–H groups in total. The summed E-state index contributed by atoms with van der Waals surface area (Å²) in [6.07, 6.45) is 8.37. The number of aromatic amines is 1. The Morgan fingerprint density at radius 2 is 1.75 bits per heavy atom. The molecule has 3 heterocycles. The number of hydrogen-bond acceptors (Lipinski definition) is 8. The highest BCUT2D eigenvalue weighted by molar-refractivity contribution is 6.18. The van der Waals surface area contributed by atoms with Crippen molar-refractivity contribution in [2.45, 2.75) is 37.6 Å². The van der Waals surface area contributed by atoms with Gasteiger partial charge in [0.2, 0.25) is 12.3 Å². The van der Waals surface area contributed by atoms with Gasteiger partial charge in [-0.05, 0) is 62.1 Å². The third kappa shape index (κ3) is 4.43. The number of rotatable bonds is 7. The van der Waals surface area contributed by atoms with Gasteiger partial charge in [0.1, 0.15) is 29.3 Å². The van der Waals surface area contributed by atoms with E-state index in [-0.39, 0.29) is 17.7 Å². The smallest absolute Gasteiger partial charge is 0.219 e. The van der Waals surface area contributed by atoms with Crippen LogP contribution in [0.3, 0.4) is 0 Å². The molecule has 3 aromatic heterocycles. The first kappa shape index (κ1) is 22.0. The van der Waals surface area contributed by atoms with E-state index in [1.807, 2.05) is 30.3 Å². The molecule has 6 rings (SSSR count). The minimum Gasteiger partial charge on any atom is -0.457 e. The van der Waals surface area contributed by atoms with Crippen molar-refractivity contribution >= 4 is 22.6 Å². The van der Waals surface area contributed by atoms with E-state index in [1.165, 1.54) is 12.7 Å². The number of para-hydroxylation sites is 1. The number of ketones is 1. The normalized spacial score (nSPS) is 17.7. The van der Waals surface area contributed by atoms with Gasteiger partial charge >= 0.3 is 0 Å². The van der Waals surface area contributed by atoms with Crippen molar-refractivity contribution < 1.29 is 13.9 Å². The summed E-state index contributed by atoms with van der Waals surface area (Å²) in [4.78, 5) is 25.4. The van der Waals surface area contributed by atoms with E-state index in [2.05, 4.69) is 30.5 Å². The molecule has 0 aliphatic heterocycles. The molecule has 1 aliphatic rings. The van der Waals surface area contributed by atoms with Gasteiger partial charge in [0, 0.05) is 23.7 Å².